The predicted octanol–water partition coefficient (Wildman–Crippen LogP) is 4.77. The molecule has 0 aliphatic carbocycles. The molecule has 0 aliphatic heterocycles. The Morgan fingerprint density at radius 3 is 2.12 bits per heavy atom. The van der Waals surface area contributed by atoms with E-state index >= 15 is 0 Å². The molecule has 0 N–H and O–H groups in total. The highest BCUT2D eigenvalue weighted by molar-refractivity contribution is 8.31. The summed E-state index contributed by atoms with van der Waals surface area (Å²) in [6, 6.07) is 5.16. The molecule has 0 spiro atoms. The van der Waals surface area contributed by atoms with Crippen LogP contribution in [0.1, 0.15) is 31.2 Å². The summed E-state index contributed by atoms with van der Waals surface area (Å²) in [6.07, 6.45) is -3.56. The first-order chi connectivity index (χ1) is 10.8. The molecule has 2 aromatic rings. The average molecular weight is 425 g/mol. The molecule has 0 fully saturated rings. The van der Waals surface area contributed by atoms with Gasteiger partial charge in [0, 0.05) is 21.4 Å². The average Bonchev–Trinajstić information content (AvgIpc) is 2.85. The zero-order valence-corrected chi connectivity index (χ0v) is 15.3. The van der Waals surface area contributed by atoms with Gasteiger partial charge < -0.3 is 0 Å². The number of halogens is 6. The number of rotatable bonds is 2. The molecule has 1 heterocycles. The molecule has 0 saturated heterocycles. The summed E-state index contributed by atoms with van der Waals surface area (Å²) in [5, 5.41) is 3.72. The van der Waals surface area contributed by atoms with E-state index < -0.39 is 20.3 Å². The Bertz CT molecular complexity index is 799. The highest BCUT2D eigenvalue weighted by atomic mass is 36.0. The summed E-state index contributed by atoms with van der Waals surface area (Å²) in [6.45, 7) is 4.01. The molecule has 1 aromatic heterocycles. The minimum Gasteiger partial charge on any atom is -0.219 e. The lowest BCUT2D eigenvalue weighted by Gasteiger charge is -2.09. The van der Waals surface area contributed by atoms with Gasteiger partial charge in [-0.1, -0.05) is 31.5 Å². The summed E-state index contributed by atoms with van der Waals surface area (Å²) in [4.78, 5) is 3.23. The second kappa shape index (κ2) is 7.90. The second-order valence-corrected chi connectivity index (χ2v) is 8.83. The van der Waals surface area contributed by atoms with Crippen molar-refractivity contribution in [1.82, 2.24) is 14.8 Å². The molecule has 0 amide bonds. The van der Waals surface area contributed by atoms with E-state index in [1.54, 1.807) is 18.2 Å². The van der Waals surface area contributed by atoms with Crippen molar-refractivity contribution < 1.29 is 21.6 Å². The number of nitrogens with zero attached hydrogens (tertiary/aromatic N) is 3. The van der Waals surface area contributed by atoms with E-state index in [4.69, 9.17) is 20.0 Å². The van der Waals surface area contributed by atoms with Crippen molar-refractivity contribution >= 4 is 41.2 Å². The van der Waals surface area contributed by atoms with Gasteiger partial charge in [-0.25, -0.2) is 9.67 Å². The van der Waals surface area contributed by atoms with Crippen molar-refractivity contribution in [1.29, 1.82) is 0 Å². The molecule has 134 valence electrons. The van der Waals surface area contributed by atoms with Gasteiger partial charge >= 0.3 is 14.4 Å². The first kappa shape index (κ1) is 21.0. The molecule has 0 unspecified atom stereocenters. The maximum Gasteiger partial charge on any atom is 0.453 e. The van der Waals surface area contributed by atoms with Crippen LogP contribution in [0, 0.1) is 0 Å². The highest BCUT2D eigenvalue weighted by Gasteiger charge is 2.36. The summed E-state index contributed by atoms with van der Waals surface area (Å²) >= 11 is 6.06. The van der Waals surface area contributed by atoms with Crippen LogP contribution in [0.25, 0.3) is 5.69 Å². The first-order valence-electron chi connectivity index (χ1n) is 6.22. The van der Waals surface area contributed by atoms with E-state index in [1.165, 1.54) is 0 Å². The van der Waals surface area contributed by atoms with Crippen molar-refractivity contribution in [2.24, 2.45) is 0 Å². The van der Waals surface area contributed by atoms with Crippen molar-refractivity contribution in [3.63, 3.8) is 0 Å². The van der Waals surface area contributed by atoms with Gasteiger partial charge in [0.25, 0.3) is 5.82 Å². The Hall–Kier alpha value is -1.03. The van der Waals surface area contributed by atoms with Crippen LogP contribution in [0.3, 0.4) is 0 Å². The van der Waals surface area contributed by atoms with Crippen molar-refractivity contribution in [2.45, 2.75) is 25.9 Å². The molecule has 0 atom stereocenters. The zero-order valence-electron chi connectivity index (χ0n) is 12.2. The van der Waals surface area contributed by atoms with E-state index in [0.29, 0.717) is 10.7 Å². The molecule has 1 aromatic carbocycles. The predicted molar refractivity (Wildman–Crippen MR) is 86.1 cm³/mol. The van der Waals surface area contributed by atoms with Gasteiger partial charge in [0.15, 0.2) is 0 Å². The maximum atomic E-state index is 12.4. The van der Waals surface area contributed by atoms with Gasteiger partial charge in [0.2, 0.25) is 0 Å². The zero-order chi connectivity index (χ0) is 18.7. The molecular weight excluding hydrogens is 414 g/mol. The molecule has 2 rings (SSSR count). The largest absolute Gasteiger partial charge is 0.453 e. The van der Waals surface area contributed by atoms with Crippen LogP contribution in [0.2, 0.25) is 5.02 Å². The molecule has 12 heteroatoms. The van der Waals surface area contributed by atoms with Crippen molar-refractivity contribution in [2.75, 3.05) is 0 Å². The van der Waals surface area contributed by atoms with Gasteiger partial charge in [0.1, 0.15) is 6.33 Å². The normalized spacial score (nSPS) is 12.0. The van der Waals surface area contributed by atoms with Crippen molar-refractivity contribution in [3.05, 3.63) is 40.9 Å². The van der Waals surface area contributed by atoms with Gasteiger partial charge in [0.05, 0.1) is 10.7 Å². The monoisotopic (exact) mass is 423 g/mol. The Morgan fingerprint density at radius 1 is 1.21 bits per heavy atom. The lowest BCUT2D eigenvalue weighted by Crippen LogP contribution is -2.08. The smallest absolute Gasteiger partial charge is 0.219 e. The van der Waals surface area contributed by atoms with Crippen LogP contribution in [0.15, 0.2) is 24.5 Å². The van der Waals surface area contributed by atoms with E-state index in [-0.39, 0.29) is 5.92 Å². The first-order valence-corrected chi connectivity index (χ1v) is 9.73. The summed E-state index contributed by atoms with van der Waals surface area (Å²) in [7, 11) is 4.81. The third-order valence-electron chi connectivity index (χ3n) is 2.63. The minimum atomic E-state index is -4.56. The van der Waals surface area contributed by atoms with Crippen LogP contribution in [-0.4, -0.2) is 23.2 Å². The van der Waals surface area contributed by atoms with Gasteiger partial charge in [-0.15, -0.1) is 5.10 Å². The Morgan fingerprint density at radius 2 is 1.75 bits per heavy atom. The number of aromatic nitrogens is 3. The summed E-state index contributed by atoms with van der Waals surface area (Å²) in [5.74, 6) is -0.899. The lowest BCUT2D eigenvalue weighted by atomic mass is 10.0. The van der Waals surface area contributed by atoms with Crippen LogP contribution < -0.4 is 0 Å². The van der Waals surface area contributed by atoms with E-state index in [0.717, 1.165) is 16.6 Å². The fourth-order valence-corrected chi connectivity index (χ4v) is 1.85. The fourth-order valence-electron chi connectivity index (χ4n) is 1.58. The Balaban J connectivity index is 0.000000505. The molecule has 0 saturated carbocycles. The number of hydrogen-bond acceptors (Lipinski definition) is 4. The van der Waals surface area contributed by atoms with Crippen LogP contribution in [-0.2, 0) is 14.4 Å². The van der Waals surface area contributed by atoms with E-state index in [9.17, 15) is 13.2 Å². The molecular formula is C12H11Cl3F3N3O2S. The summed E-state index contributed by atoms with van der Waals surface area (Å²) < 4.78 is 56.6. The maximum absolute atomic E-state index is 12.4. The third-order valence-corrected chi connectivity index (χ3v) is 2.93. The van der Waals surface area contributed by atoms with Crippen LogP contribution >= 0.6 is 33.0 Å². The topological polar surface area (TPSA) is 64.8 Å². The van der Waals surface area contributed by atoms with Gasteiger partial charge in [-0.2, -0.15) is 21.6 Å². The molecule has 5 nitrogen and oxygen atoms in total. The van der Waals surface area contributed by atoms with E-state index in [1.807, 2.05) is 13.8 Å². The van der Waals surface area contributed by atoms with Gasteiger partial charge in [-0.05, 0) is 23.6 Å². The molecule has 0 radical (unpaired) electrons. The Labute approximate surface area is 150 Å². The Kier molecular flexibility index (Phi) is 6.92. The second-order valence-electron chi connectivity index (χ2n) is 4.75. The van der Waals surface area contributed by atoms with Crippen LogP contribution in [0.4, 0.5) is 13.2 Å². The highest BCUT2D eigenvalue weighted by Crippen LogP contribution is 2.28. The number of benzene rings is 1. The standard InChI is InChI=1S/C12H11ClF3N3.Cl2O2S/c1-7(2)8-3-4-10(9(13)5-8)19-6-17-11(18-19)12(14,15)16;1-5(2,3)4/h3-7H,1-2H3;. The summed E-state index contributed by atoms with van der Waals surface area (Å²) in [5.41, 5.74) is 1.37. The van der Waals surface area contributed by atoms with Gasteiger partial charge in [-0.3, -0.25) is 0 Å². The minimum absolute atomic E-state index is 0.285. The van der Waals surface area contributed by atoms with Crippen molar-refractivity contribution in [3.8, 4) is 5.69 Å². The van der Waals surface area contributed by atoms with E-state index in [2.05, 4.69) is 31.4 Å². The SMILES string of the molecule is CC(C)c1ccc(-n2cnc(C(F)(F)F)n2)c(Cl)c1.O=S(=O)(Cl)Cl. The lowest BCUT2D eigenvalue weighted by molar-refractivity contribution is -0.144. The quantitative estimate of drug-likeness (QED) is 0.651. The fraction of sp³-hybridized carbons (Fsp3) is 0.333. The molecule has 0 bridgehead atoms. The van der Waals surface area contributed by atoms with Crippen LogP contribution in [0.5, 0.6) is 0 Å². The number of alkyl halides is 3. The molecule has 24 heavy (non-hydrogen) atoms. The molecule has 0 aliphatic rings. The third kappa shape index (κ3) is 6.84. The number of hydrogen-bond donors (Lipinski definition) is 0.